The number of rotatable bonds is 4. The van der Waals surface area contributed by atoms with Crippen LogP contribution in [0.15, 0.2) is 51.8 Å². The first-order valence-electron chi connectivity index (χ1n) is 5.88. The molecule has 3 aromatic rings. The molecule has 0 spiro atoms. The Balaban J connectivity index is 1.73. The molecule has 0 bridgehead atoms. The molecule has 2 N–H and O–H groups in total. The van der Waals surface area contributed by atoms with Gasteiger partial charge in [-0.05, 0) is 51.1 Å². The van der Waals surface area contributed by atoms with E-state index in [-0.39, 0.29) is 0 Å². The quantitative estimate of drug-likeness (QED) is 0.737. The van der Waals surface area contributed by atoms with Crippen LogP contribution in [0.4, 0.5) is 5.69 Å². The highest BCUT2D eigenvalue weighted by molar-refractivity contribution is 9.11. The van der Waals surface area contributed by atoms with Crippen molar-refractivity contribution in [3.05, 3.63) is 57.3 Å². The van der Waals surface area contributed by atoms with Gasteiger partial charge in [0, 0.05) is 24.0 Å². The van der Waals surface area contributed by atoms with E-state index >= 15 is 0 Å². The summed E-state index contributed by atoms with van der Waals surface area (Å²) in [5.74, 6) is 0. The molecule has 0 radical (unpaired) electrons. The van der Waals surface area contributed by atoms with E-state index in [4.69, 9.17) is 0 Å². The van der Waals surface area contributed by atoms with Crippen LogP contribution in [0.1, 0.15) is 5.56 Å². The Kier molecular flexibility index (Phi) is 3.66. The molecule has 0 aliphatic rings. The number of H-pyrrole nitrogens is 1. The van der Waals surface area contributed by atoms with Gasteiger partial charge >= 0.3 is 0 Å². The zero-order valence-corrected chi connectivity index (χ0v) is 12.5. The Morgan fingerprint density at radius 1 is 1.26 bits per heavy atom. The Morgan fingerprint density at radius 2 is 2.21 bits per heavy atom. The van der Waals surface area contributed by atoms with Crippen molar-refractivity contribution in [2.45, 2.75) is 6.54 Å². The third-order valence-electron chi connectivity index (χ3n) is 2.79. The lowest BCUT2D eigenvalue weighted by Gasteiger charge is -2.06. The molecule has 0 saturated carbocycles. The molecule has 3 rings (SSSR count). The topological polar surface area (TPSA) is 40.7 Å². The van der Waals surface area contributed by atoms with Gasteiger partial charge in [-0.3, -0.25) is 5.10 Å². The van der Waals surface area contributed by atoms with Gasteiger partial charge in [-0.1, -0.05) is 12.1 Å². The van der Waals surface area contributed by atoms with Crippen LogP contribution in [-0.4, -0.2) is 10.2 Å². The van der Waals surface area contributed by atoms with Gasteiger partial charge in [-0.15, -0.1) is 11.3 Å². The fourth-order valence-electron chi connectivity index (χ4n) is 1.86. The average molecular weight is 334 g/mol. The number of benzene rings is 1. The van der Waals surface area contributed by atoms with Crippen molar-refractivity contribution in [2.75, 3.05) is 5.32 Å². The van der Waals surface area contributed by atoms with E-state index in [0.717, 1.165) is 27.3 Å². The monoisotopic (exact) mass is 333 g/mol. The second-order valence-corrected chi connectivity index (χ2v) is 6.45. The SMILES string of the molecule is Brc1cc(CNc2cccc(-c3ccn[nH]3)c2)cs1. The number of hydrogen-bond donors (Lipinski definition) is 2. The second kappa shape index (κ2) is 5.59. The summed E-state index contributed by atoms with van der Waals surface area (Å²) < 4.78 is 1.16. The number of aromatic amines is 1. The number of thiophene rings is 1. The molecule has 0 fully saturated rings. The van der Waals surface area contributed by atoms with Crippen LogP contribution in [0, 0.1) is 0 Å². The number of nitrogens with one attached hydrogen (secondary N) is 2. The normalized spacial score (nSPS) is 10.6. The minimum absolute atomic E-state index is 0.828. The molecule has 96 valence electrons. The molecule has 0 aliphatic carbocycles. The van der Waals surface area contributed by atoms with Crippen molar-refractivity contribution in [3.8, 4) is 11.3 Å². The summed E-state index contributed by atoms with van der Waals surface area (Å²) in [5.41, 5.74) is 4.55. The van der Waals surface area contributed by atoms with E-state index in [0.29, 0.717) is 0 Å². The Labute approximate surface area is 123 Å². The highest BCUT2D eigenvalue weighted by Gasteiger charge is 2.01. The third kappa shape index (κ3) is 3.05. The molecule has 0 amide bonds. The average Bonchev–Trinajstić information content (AvgIpc) is 3.08. The molecule has 0 unspecified atom stereocenters. The number of hydrogen-bond acceptors (Lipinski definition) is 3. The number of nitrogens with zero attached hydrogens (tertiary/aromatic N) is 1. The highest BCUT2D eigenvalue weighted by Crippen LogP contribution is 2.23. The molecule has 3 nitrogen and oxygen atoms in total. The van der Waals surface area contributed by atoms with E-state index in [1.54, 1.807) is 17.5 Å². The van der Waals surface area contributed by atoms with Gasteiger partial charge in [-0.25, -0.2) is 0 Å². The Morgan fingerprint density at radius 3 is 2.95 bits per heavy atom. The molecule has 2 heterocycles. The Hall–Kier alpha value is -1.59. The van der Waals surface area contributed by atoms with Crippen molar-refractivity contribution in [1.29, 1.82) is 0 Å². The molecule has 0 aliphatic heterocycles. The molecule has 1 aromatic carbocycles. The highest BCUT2D eigenvalue weighted by atomic mass is 79.9. The summed E-state index contributed by atoms with van der Waals surface area (Å²) in [6.07, 6.45) is 1.76. The van der Waals surface area contributed by atoms with Crippen LogP contribution < -0.4 is 5.32 Å². The van der Waals surface area contributed by atoms with Crippen molar-refractivity contribution in [3.63, 3.8) is 0 Å². The van der Waals surface area contributed by atoms with Gasteiger partial charge in [0.1, 0.15) is 0 Å². The van der Waals surface area contributed by atoms with Gasteiger partial charge in [0.05, 0.1) is 9.48 Å². The summed E-state index contributed by atoms with van der Waals surface area (Å²) >= 11 is 5.18. The largest absolute Gasteiger partial charge is 0.381 e. The van der Waals surface area contributed by atoms with Crippen molar-refractivity contribution < 1.29 is 0 Å². The van der Waals surface area contributed by atoms with Gasteiger partial charge in [0.2, 0.25) is 0 Å². The van der Waals surface area contributed by atoms with Crippen LogP contribution in [-0.2, 0) is 6.54 Å². The van der Waals surface area contributed by atoms with Crippen LogP contribution in [0.25, 0.3) is 11.3 Å². The van der Waals surface area contributed by atoms with Crippen molar-refractivity contribution >= 4 is 33.0 Å². The second-order valence-electron chi connectivity index (χ2n) is 4.16. The van der Waals surface area contributed by atoms with Gasteiger partial charge < -0.3 is 5.32 Å². The van der Waals surface area contributed by atoms with Crippen LogP contribution in [0.5, 0.6) is 0 Å². The zero-order chi connectivity index (χ0) is 13.1. The lowest BCUT2D eigenvalue weighted by molar-refractivity contribution is 1.09. The molecule has 2 aromatic heterocycles. The standard InChI is InChI=1S/C14H12BrN3S/c15-14-6-10(9-19-14)8-16-12-3-1-2-11(7-12)13-4-5-17-18-13/h1-7,9,16H,8H2,(H,17,18). The van der Waals surface area contributed by atoms with E-state index in [1.807, 2.05) is 12.1 Å². The van der Waals surface area contributed by atoms with Crippen LogP contribution in [0.3, 0.4) is 0 Å². The predicted octanol–water partition coefficient (Wildman–Crippen LogP) is 4.51. The van der Waals surface area contributed by atoms with Crippen LogP contribution >= 0.6 is 27.3 Å². The fourth-order valence-corrected chi connectivity index (χ4v) is 3.07. The first kappa shape index (κ1) is 12.4. The lowest BCUT2D eigenvalue weighted by atomic mass is 10.1. The van der Waals surface area contributed by atoms with E-state index in [1.165, 1.54) is 5.56 Å². The smallest absolute Gasteiger partial charge is 0.0701 e. The van der Waals surface area contributed by atoms with Crippen LogP contribution in [0.2, 0.25) is 0 Å². The van der Waals surface area contributed by atoms with Gasteiger partial charge in [0.25, 0.3) is 0 Å². The van der Waals surface area contributed by atoms with Crippen molar-refractivity contribution in [1.82, 2.24) is 10.2 Å². The molecule has 0 saturated heterocycles. The van der Waals surface area contributed by atoms with Gasteiger partial charge in [0.15, 0.2) is 0 Å². The Bertz CT molecular complexity index is 661. The summed E-state index contributed by atoms with van der Waals surface area (Å²) in [5, 5.41) is 12.5. The zero-order valence-electron chi connectivity index (χ0n) is 10.1. The van der Waals surface area contributed by atoms with Gasteiger partial charge in [-0.2, -0.15) is 5.10 Å². The molecule has 0 atom stereocenters. The maximum Gasteiger partial charge on any atom is 0.0701 e. The maximum absolute atomic E-state index is 3.98. The first-order valence-corrected chi connectivity index (χ1v) is 7.55. The predicted molar refractivity (Wildman–Crippen MR) is 83.4 cm³/mol. The third-order valence-corrected chi connectivity index (χ3v) is 4.35. The molecule has 19 heavy (non-hydrogen) atoms. The minimum Gasteiger partial charge on any atom is -0.381 e. The number of anilines is 1. The first-order chi connectivity index (χ1) is 9.31. The molecular weight excluding hydrogens is 322 g/mol. The lowest BCUT2D eigenvalue weighted by Crippen LogP contribution is -1.97. The fraction of sp³-hybridized carbons (Fsp3) is 0.0714. The van der Waals surface area contributed by atoms with Crippen molar-refractivity contribution in [2.24, 2.45) is 0 Å². The summed E-state index contributed by atoms with van der Waals surface area (Å²) in [4.78, 5) is 0. The molecular formula is C14H12BrN3S. The number of aromatic nitrogens is 2. The minimum atomic E-state index is 0.828. The summed E-state index contributed by atoms with van der Waals surface area (Å²) in [7, 11) is 0. The number of halogens is 1. The maximum atomic E-state index is 3.98. The van der Waals surface area contributed by atoms with E-state index < -0.39 is 0 Å². The summed E-state index contributed by atoms with van der Waals surface area (Å²) in [6.45, 7) is 0.828. The molecule has 5 heteroatoms. The van der Waals surface area contributed by atoms with E-state index in [2.05, 4.69) is 61.1 Å². The van der Waals surface area contributed by atoms with E-state index in [9.17, 15) is 0 Å². The summed E-state index contributed by atoms with van der Waals surface area (Å²) in [6, 6.07) is 12.4.